The van der Waals surface area contributed by atoms with Crippen molar-refractivity contribution in [3.05, 3.63) is 23.8 Å². The fourth-order valence-corrected chi connectivity index (χ4v) is 1.47. The molecule has 1 rings (SSSR count). The molecule has 0 spiro atoms. The molecule has 0 aromatic heterocycles. The van der Waals surface area contributed by atoms with E-state index in [1.54, 1.807) is 18.2 Å². The largest absolute Gasteiger partial charge is 0.504 e. The topological polar surface area (TPSA) is 58.6 Å². The quantitative estimate of drug-likeness (QED) is 0.806. The van der Waals surface area contributed by atoms with Crippen LogP contribution in [0.15, 0.2) is 18.2 Å². The number of phenols is 1. The molecule has 4 nitrogen and oxygen atoms in total. The van der Waals surface area contributed by atoms with Crippen molar-refractivity contribution < 1.29 is 14.6 Å². The van der Waals surface area contributed by atoms with E-state index in [4.69, 9.17) is 4.74 Å². The number of halogens is 1. The number of hydrogen-bond donors (Lipinski definition) is 2. The predicted octanol–water partition coefficient (Wildman–Crippen LogP) is 1.45. The van der Waals surface area contributed by atoms with Crippen molar-refractivity contribution >= 4 is 21.8 Å². The van der Waals surface area contributed by atoms with Gasteiger partial charge in [0.05, 0.1) is 12.4 Å². The molecular weight excluding hydrogens is 274 g/mol. The van der Waals surface area contributed by atoms with Crippen LogP contribution >= 0.6 is 15.9 Å². The zero-order valence-corrected chi connectivity index (χ0v) is 10.6. The third kappa shape index (κ3) is 3.73. The lowest BCUT2D eigenvalue weighted by molar-refractivity contribution is -0.118. The number of methoxy groups -OCH3 is 1. The molecule has 5 heteroatoms. The van der Waals surface area contributed by atoms with E-state index in [0.29, 0.717) is 24.0 Å². The Kier molecular flexibility index (Phi) is 5.11. The Morgan fingerprint density at radius 2 is 2.31 bits per heavy atom. The molecule has 1 aromatic carbocycles. The summed E-state index contributed by atoms with van der Waals surface area (Å²) in [7, 11) is 1.51. The highest BCUT2D eigenvalue weighted by Crippen LogP contribution is 2.26. The number of nitrogens with one attached hydrogen (secondary N) is 1. The SMILES string of the molecule is COc1cc(CCNC(=O)CBr)ccc1O. The molecule has 16 heavy (non-hydrogen) atoms. The van der Waals surface area contributed by atoms with Crippen LogP contribution in [0.5, 0.6) is 11.5 Å². The number of phenolic OH excluding ortho intramolecular Hbond substituents is 1. The maximum Gasteiger partial charge on any atom is 0.230 e. The average molecular weight is 288 g/mol. The number of carbonyl (C=O) groups excluding carboxylic acids is 1. The van der Waals surface area contributed by atoms with Crippen molar-refractivity contribution in [2.45, 2.75) is 6.42 Å². The standard InChI is InChI=1S/C11H14BrNO3/c1-16-10-6-8(2-3-9(10)14)4-5-13-11(15)7-12/h2-3,6,14H,4-5,7H2,1H3,(H,13,15). The maximum atomic E-state index is 11.0. The number of carbonyl (C=O) groups is 1. The van der Waals surface area contributed by atoms with E-state index in [9.17, 15) is 9.90 Å². The monoisotopic (exact) mass is 287 g/mol. The van der Waals surface area contributed by atoms with Crippen LogP contribution in [0.2, 0.25) is 0 Å². The van der Waals surface area contributed by atoms with Crippen LogP contribution in [0.1, 0.15) is 5.56 Å². The Hall–Kier alpha value is -1.23. The molecule has 0 radical (unpaired) electrons. The normalized spacial score (nSPS) is 9.88. The zero-order valence-electron chi connectivity index (χ0n) is 9.00. The van der Waals surface area contributed by atoms with Crippen molar-refractivity contribution in [2.24, 2.45) is 0 Å². The molecule has 0 saturated carbocycles. The molecule has 1 aromatic rings. The summed E-state index contributed by atoms with van der Waals surface area (Å²) in [5.74, 6) is 0.533. The summed E-state index contributed by atoms with van der Waals surface area (Å²) in [5, 5.41) is 12.4. The second-order valence-corrected chi connectivity index (χ2v) is 3.80. The Morgan fingerprint density at radius 1 is 1.56 bits per heavy atom. The minimum atomic E-state index is -0.0363. The number of hydrogen-bond acceptors (Lipinski definition) is 3. The number of amides is 1. The summed E-state index contributed by atoms with van der Waals surface area (Å²) < 4.78 is 4.99. The lowest BCUT2D eigenvalue weighted by Gasteiger charge is -2.07. The first-order chi connectivity index (χ1) is 7.67. The van der Waals surface area contributed by atoms with Crippen molar-refractivity contribution in [1.82, 2.24) is 5.32 Å². The second-order valence-electron chi connectivity index (χ2n) is 3.24. The molecule has 0 aliphatic rings. The predicted molar refractivity (Wildman–Crippen MR) is 65.2 cm³/mol. The first-order valence-corrected chi connectivity index (χ1v) is 5.98. The van der Waals surface area contributed by atoms with Gasteiger partial charge in [-0.15, -0.1) is 0 Å². The highest BCUT2D eigenvalue weighted by atomic mass is 79.9. The fourth-order valence-electron chi connectivity index (χ4n) is 1.27. The molecule has 0 aliphatic carbocycles. The zero-order chi connectivity index (χ0) is 12.0. The van der Waals surface area contributed by atoms with Gasteiger partial charge in [-0.05, 0) is 24.1 Å². The van der Waals surface area contributed by atoms with Crippen LogP contribution in [0.4, 0.5) is 0 Å². The number of ether oxygens (including phenoxy) is 1. The first kappa shape index (κ1) is 12.8. The van der Waals surface area contributed by atoms with E-state index in [-0.39, 0.29) is 11.7 Å². The van der Waals surface area contributed by atoms with Gasteiger partial charge < -0.3 is 15.2 Å². The van der Waals surface area contributed by atoms with E-state index < -0.39 is 0 Å². The average Bonchev–Trinajstić information content (AvgIpc) is 2.31. The van der Waals surface area contributed by atoms with Gasteiger partial charge in [0.15, 0.2) is 11.5 Å². The minimum Gasteiger partial charge on any atom is -0.504 e. The molecule has 0 aliphatic heterocycles. The minimum absolute atomic E-state index is 0.0363. The van der Waals surface area contributed by atoms with Crippen LogP contribution in [-0.4, -0.2) is 30.0 Å². The van der Waals surface area contributed by atoms with E-state index in [2.05, 4.69) is 21.2 Å². The fraction of sp³-hybridized carbons (Fsp3) is 0.364. The Labute approximate surface area is 103 Å². The summed E-state index contributed by atoms with van der Waals surface area (Å²) in [5.41, 5.74) is 1.00. The second kappa shape index (κ2) is 6.37. The lowest BCUT2D eigenvalue weighted by Crippen LogP contribution is -2.26. The van der Waals surface area contributed by atoms with E-state index in [1.807, 2.05) is 0 Å². The number of alkyl halides is 1. The Balaban J connectivity index is 2.51. The Morgan fingerprint density at radius 3 is 2.94 bits per heavy atom. The summed E-state index contributed by atoms with van der Waals surface area (Å²) >= 11 is 3.07. The smallest absolute Gasteiger partial charge is 0.230 e. The molecule has 0 unspecified atom stereocenters. The first-order valence-electron chi connectivity index (χ1n) is 4.86. The van der Waals surface area contributed by atoms with E-state index in [0.717, 1.165) is 5.56 Å². The molecule has 0 bridgehead atoms. The van der Waals surface area contributed by atoms with Crippen molar-refractivity contribution in [2.75, 3.05) is 19.0 Å². The third-order valence-electron chi connectivity index (χ3n) is 2.10. The summed E-state index contributed by atoms with van der Waals surface area (Å²) in [4.78, 5) is 11.0. The van der Waals surface area contributed by atoms with Crippen LogP contribution in [0, 0.1) is 0 Å². The number of aromatic hydroxyl groups is 1. The Bertz CT molecular complexity index is 368. The van der Waals surface area contributed by atoms with Gasteiger partial charge in [-0.25, -0.2) is 0 Å². The van der Waals surface area contributed by atoms with Gasteiger partial charge >= 0.3 is 0 Å². The molecule has 1 amide bonds. The van der Waals surface area contributed by atoms with Gasteiger partial charge in [-0.3, -0.25) is 4.79 Å². The molecule has 88 valence electrons. The van der Waals surface area contributed by atoms with Crippen molar-refractivity contribution in [1.29, 1.82) is 0 Å². The van der Waals surface area contributed by atoms with Gasteiger partial charge in [0.2, 0.25) is 5.91 Å². The van der Waals surface area contributed by atoms with Gasteiger partial charge in [0.1, 0.15) is 0 Å². The third-order valence-corrected chi connectivity index (χ3v) is 2.61. The molecule has 0 atom stereocenters. The van der Waals surface area contributed by atoms with Gasteiger partial charge in [0.25, 0.3) is 0 Å². The van der Waals surface area contributed by atoms with Gasteiger partial charge in [0, 0.05) is 6.54 Å². The highest BCUT2D eigenvalue weighted by molar-refractivity contribution is 9.09. The summed E-state index contributed by atoms with van der Waals surface area (Å²) in [6, 6.07) is 5.15. The van der Waals surface area contributed by atoms with Crippen LogP contribution in [0.3, 0.4) is 0 Å². The number of benzene rings is 1. The van der Waals surface area contributed by atoms with Gasteiger partial charge in [-0.1, -0.05) is 22.0 Å². The molecule has 0 fully saturated rings. The van der Waals surface area contributed by atoms with Crippen LogP contribution in [0.25, 0.3) is 0 Å². The molecule has 0 saturated heterocycles. The molecular formula is C11H14BrNO3. The van der Waals surface area contributed by atoms with Crippen molar-refractivity contribution in [3.8, 4) is 11.5 Å². The lowest BCUT2D eigenvalue weighted by atomic mass is 10.1. The van der Waals surface area contributed by atoms with Crippen LogP contribution in [-0.2, 0) is 11.2 Å². The summed E-state index contributed by atoms with van der Waals surface area (Å²) in [6.45, 7) is 0.568. The van der Waals surface area contributed by atoms with Crippen molar-refractivity contribution in [3.63, 3.8) is 0 Å². The highest BCUT2D eigenvalue weighted by Gasteiger charge is 2.03. The van der Waals surface area contributed by atoms with E-state index in [1.165, 1.54) is 7.11 Å². The van der Waals surface area contributed by atoms with E-state index >= 15 is 0 Å². The van der Waals surface area contributed by atoms with Crippen LogP contribution < -0.4 is 10.1 Å². The van der Waals surface area contributed by atoms with Gasteiger partial charge in [-0.2, -0.15) is 0 Å². The molecule has 0 heterocycles. The number of rotatable bonds is 5. The molecule has 2 N–H and O–H groups in total. The maximum absolute atomic E-state index is 11.0. The summed E-state index contributed by atoms with van der Waals surface area (Å²) in [6.07, 6.45) is 0.704.